The van der Waals surface area contributed by atoms with E-state index in [1.807, 2.05) is 30.0 Å². The number of carbonyl (C=O) groups is 1. The number of rotatable bonds is 12. The van der Waals surface area contributed by atoms with Gasteiger partial charge in [-0.25, -0.2) is 4.98 Å². The minimum absolute atomic E-state index is 0.0662. The van der Waals surface area contributed by atoms with Crippen molar-refractivity contribution in [3.05, 3.63) is 40.4 Å². The van der Waals surface area contributed by atoms with Crippen molar-refractivity contribution in [3.63, 3.8) is 0 Å². The number of hydrogen-bond donors (Lipinski definition) is 0. The first-order valence-electron chi connectivity index (χ1n) is 10.4. The number of benzene rings is 1. The molecule has 2 rings (SSSR count). The third-order valence-electron chi connectivity index (χ3n) is 5.07. The summed E-state index contributed by atoms with van der Waals surface area (Å²) in [6.07, 6.45) is 2.92. The van der Waals surface area contributed by atoms with E-state index in [-0.39, 0.29) is 17.5 Å². The zero-order chi connectivity index (χ0) is 21.2. The van der Waals surface area contributed by atoms with Gasteiger partial charge in [0.2, 0.25) is 5.91 Å². The number of methoxy groups -OCH3 is 2. The van der Waals surface area contributed by atoms with Gasteiger partial charge in [0.05, 0.1) is 36.7 Å². The molecule has 0 N–H and O–H groups in total. The first kappa shape index (κ1) is 23.0. The molecule has 1 aromatic carbocycles. The van der Waals surface area contributed by atoms with Crippen LogP contribution in [0.1, 0.15) is 51.4 Å². The Labute approximate surface area is 172 Å². The molecule has 1 unspecified atom stereocenters. The van der Waals surface area contributed by atoms with Crippen molar-refractivity contribution in [1.82, 2.24) is 14.5 Å². The van der Waals surface area contributed by atoms with Gasteiger partial charge in [-0.2, -0.15) is 0 Å². The molecule has 0 aliphatic rings. The van der Waals surface area contributed by atoms with E-state index in [0.29, 0.717) is 55.9 Å². The molecule has 0 saturated heterocycles. The fourth-order valence-corrected chi connectivity index (χ4v) is 3.50. The third kappa shape index (κ3) is 5.64. The lowest BCUT2D eigenvalue weighted by molar-refractivity contribution is -0.135. The van der Waals surface area contributed by atoms with Gasteiger partial charge >= 0.3 is 0 Å². The Morgan fingerprint density at radius 3 is 2.55 bits per heavy atom. The fourth-order valence-electron chi connectivity index (χ4n) is 3.50. The van der Waals surface area contributed by atoms with Gasteiger partial charge in [0.25, 0.3) is 5.56 Å². The summed E-state index contributed by atoms with van der Waals surface area (Å²) in [6.45, 7) is 5.76. The largest absolute Gasteiger partial charge is 0.383 e. The second kappa shape index (κ2) is 11.7. The SMILES string of the molecule is CCCCC(=O)N(CCOC)C(CC)c1nc2ccccc2c(=O)n1CCOC. The van der Waals surface area contributed by atoms with Crippen LogP contribution in [0.25, 0.3) is 10.9 Å². The number of unbranched alkanes of at least 4 members (excludes halogenated alkanes) is 1. The van der Waals surface area contributed by atoms with Crippen LogP contribution in [-0.4, -0.2) is 54.3 Å². The Kier molecular flexibility index (Phi) is 9.28. The Balaban J connectivity index is 2.57. The normalized spacial score (nSPS) is 12.3. The van der Waals surface area contributed by atoms with Crippen molar-refractivity contribution in [3.8, 4) is 0 Å². The van der Waals surface area contributed by atoms with E-state index < -0.39 is 0 Å². The Morgan fingerprint density at radius 2 is 1.90 bits per heavy atom. The lowest BCUT2D eigenvalue weighted by atomic mass is 10.1. The van der Waals surface area contributed by atoms with Crippen LogP contribution < -0.4 is 5.56 Å². The summed E-state index contributed by atoms with van der Waals surface area (Å²) in [7, 11) is 3.23. The molecule has 2 aromatic rings. The number of ether oxygens (including phenoxy) is 2. The van der Waals surface area contributed by atoms with Crippen LogP contribution in [0.5, 0.6) is 0 Å². The molecule has 7 nitrogen and oxygen atoms in total. The van der Waals surface area contributed by atoms with Crippen molar-refractivity contribution < 1.29 is 14.3 Å². The van der Waals surface area contributed by atoms with Gasteiger partial charge in [-0.1, -0.05) is 32.4 Å². The second-order valence-electron chi connectivity index (χ2n) is 7.04. The average molecular weight is 404 g/mol. The number of aromatic nitrogens is 2. The minimum Gasteiger partial charge on any atom is -0.383 e. The number of amides is 1. The summed E-state index contributed by atoms with van der Waals surface area (Å²) >= 11 is 0. The van der Waals surface area contributed by atoms with Gasteiger partial charge in [-0.05, 0) is 25.0 Å². The van der Waals surface area contributed by atoms with Crippen LogP contribution in [0, 0.1) is 0 Å². The van der Waals surface area contributed by atoms with Crippen molar-refractivity contribution in [2.75, 3.05) is 34.0 Å². The summed E-state index contributed by atoms with van der Waals surface area (Å²) in [4.78, 5) is 32.8. The molecule has 1 amide bonds. The van der Waals surface area contributed by atoms with Gasteiger partial charge in [0.15, 0.2) is 0 Å². The molecule has 160 valence electrons. The first-order chi connectivity index (χ1) is 14.1. The summed E-state index contributed by atoms with van der Waals surface area (Å²) in [5.41, 5.74) is 0.543. The number of carbonyl (C=O) groups excluding carboxylic acids is 1. The summed E-state index contributed by atoms with van der Waals surface area (Å²) in [6, 6.07) is 7.03. The highest BCUT2D eigenvalue weighted by Crippen LogP contribution is 2.25. The fraction of sp³-hybridized carbons (Fsp3) is 0.591. The van der Waals surface area contributed by atoms with Crippen molar-refractivity contribution >= 4 is 16.8 Å². The van der Waals surface area contributed by atoms with Gasteiger partial charge < -0.3 is 14.4 Å². The van der Waals surface area contributed by atoms with E-state index in [1.54, 1.807) is 24.9 Å². The molecule has 0 aliphatic heterocycles. The van der Waals surface area contributed by atoms with E-state index in [2.05, 4.69) is 6.92 Å². The predicted molar refractivity (Wildman–Crippen MR) is 114 cm³/mol. The highest BCUT2D eigenvalue weighted by molar-refractivity contribution is 5.78. The second-order valence-corrected chi connectivity index (χ2v) is 7.04. The Bertz CT molecular complexity index is 850. The van der Waals surface area contributed by atoms with E-state index in [0.717, 1.165) is 12.8 Å². The molecule has 1 aromatic heterocycles. The molecule has 7 heteroatoms. The predicted octanol–water partition coefficient (Wildman–Crippen LogP) is 3.16. The number of para-hydroxylation sites is 1. The molecule has 0 fully saturated rings. The standard InChI is InChI=1S/C22H33N3O4/c1-5-7-12-20(26)24(13-15-28-3)19(6-2)21-23-18-11-9-8-10-17(18)22(27)25(21)14-16-29-4/h8-11,19H,5-7,12-16H2,1-4H3. The summed E-state index contributed by atoms with van der Waals surface area (Å²) in [5, 5.41) is 0.572. The molecule has 0 aliphatic carbocycles. The molecule has 0 spiro atoms. The highest BCUT2D eigenvalue weighted by atomic mass is 16.5. The lowest BCUT2D eigenvalue weighted by Gasteiger charge is -2.32. The maximum Gasteiger partial charge on any atom is 0.261 e. The van der Waals surface area contributed by atoms with E-state index in [1.165, 1.54) is 0 Å². The molecular weight excluding hydrogens is 370 g/mol. The third-order valence-corrected chi connectivity index (χ3v) is 5.07. The van der Waals surface area contributed by atoms with Crippen LogP contribution >= 0.6 is 0 Å². The smallest absolute Gasteiger partial charge is 0.261 e. The number of fused-ring (bicyclic) bond motifs is 1. The van der Waals surface area contributed by atoms with Gasteiger partial charge in [0.1, 0.15) is 5.82 Å². The van der Waals surface area contributed by atoms with E-state index >= 15 is 0 Å². The van der Waals surface area contributed by atoms with Crippen molar-refractivity contribution in [2.45, 2.75) is 52.1 Å². The molecule has 29 heavy (non-hydrogen) atoms. The maximum absolute atomic E-state index is 13.2. The van der Waals surface area contributed by atoms with Crippen molar-refractivity contribution in [1.29, 1.82) is 0 Å². The quantitative estimate of drug-likeness (QED) is 0.544. The Morgan fingerprint density at radius 1 is 1.17 bits per heavy atom. The van der Waals surface area contributed by atoms with Crippen LogP contribution in [0.3, 0.4) is 0 Å². The minimum atomic E-state index is -0.302. The van der Waals surface area contributed by atoms with E-state index in [9.17, 15) is 9.59 Å². The molecule has 0 bridgehead atoms. The summed E-state index contributed by atoms with van der Waals surface area (Å²) in [5.74, 6) is 0.672. The summed E-state index contributed by atoms with van der Waals surface area (Å²) < 4.78 is 12.1. The number of hydrogen-bond acceptors (Lipinski definition) is 5. The van der Waals surface area contributed by atoms with E-state index in [4.69, 9.17) is 14.5 Å². The topological polar surface area (TPSA) is 73.7 Å². The molecule has 0 saturated carbocycles. The van der Waals surface area contributed by atoms with Crippen LogP contribution in [-0.2, 0) is 20.8 Å². The zero-order valence-corrected chi connectivity index (χ0v) is 18.0. The monoisotopic (exact) mass is 403 g/mol. The Hall–Kier alpha value is -2.25. The van der Waals surface area contributed by atoms with Gasteiger partial charge in [-0.15, -0.1) is 0 Å². The average Bonchev–Trinajstić information content (AvgIpc) is 2.74. The molecule has 1 heterocycles. The number of nitrogens with zero attached hydrogens (tertiary/aromatic N) is 3. The van der Waals surface area contributed by atoms with Crippen LogP contribution in [0.15, 0.2) is 29.1 Å². The van der Waals surface area contributed by atoms with Crippen molar-refractivity contribution in [2.24, 2.45) is 0 Å². The molecular formula is C22H33N3O4. The van der Waals surface area contributed by atoms with Crippen LogP contribution in [0.4, 0.5) is 0 Å². The highest BCUT2D eigenvalue weighted by Gasteiger charge is 2.28. The zero-order valence-electron chi connectivity index (χ0n) is 18.0. The molecule has 0 radical (unpaired) electrons. The van der Waals surface area contributed by atoms with Gasteiger partial charge in [-0.3, -0.25) is 14.2 Å². The lowest BCUT2D eigenvalue weighted by Crippen LogP contribution is -2.40. The molecule has 1 atom stereocenters. The van der Waals surface area contributed by atoms with Crippen LogP contribution in [0.2, 0.25) is 0 Å². The first-order valence-corrected chi connectivity index (χ1v) is 10.4. The maximum atomic E-state index is 13.2. The van der Waals surface area contributed by atoms with Gasteiger partial charge in [0, 0.05) is 27.2 Å².